The van der Waals surface area contributed by atoms with E-state index in [-0.39, 0.29) is 0 Å². The van der Waals surface area contributed by atoms with Crippen molar-refractivity contribution < 1.29 is 9.90 Å². The molecule has 0 spiro atoms. The summed E-state index contributed by atoms with van der Waals surface area (Å²) in [7, 11) is 0. The largest absolute Gasteiger partial charge is 0.508 e. The van der Waals surface area contributed by atoms with Crippen molar-refractivity contribution in [3.63, 3.8) is 0 Å². The Morgan fingerprint density at radius 3 is 1.80 bits per heavy atom. The molecule has 0 bridgehead atoms. The van der Waals surface area contributed by atoms with Gasteiger partial charge in [-0.2, -0.15) is 0 Å². The maximum absolute atomic E-state index is 9.19. The van der Waals surface area contributed by atoms with Crippen LogP contribution >= 0.6 is 0 Å². The van der Waals surface area contributed by atoms with E-state index in [1.807, 2.05) is 25.0 Å². The zero-order valence-corrected chi connectivity index (χ0v) is 12.2. The van der Waals surface area contributed by atoms with E-state index in [2.05, 4.69) is 44.7 Å². The van der Waals surface area contributed by atoms with Crippen molar-refractivity contribution in [2.75, 3.05) is 0 Å². The second kappa shape index (κ2) is 10.6. The molecule has 20 heavy (non-hydrogen) atoms. The SMILES string of the molecule is C=CCc1ccccc1O.C=O.Cc1ccccc1C. The molecule has 0 aliphatic rings. The minimum Gasteiger partial charge on any atom is -0.508 e. The number of allylic oxidation sites excluding steroid dienone is 1. The van der Waals surface area contributed by atoms with Gasteiger partial charge in [-0.15, -0.1) is 6.58 Å². The van der Waals surface area contributed by atoms with E-state index >= 15 is 0 Å². The molecule has 2 aromatic carbocycles. The van der Waals surface area contributed by atoms with Crippen LogP contribution in [0.4, 0.5) is 0 Å². The first-order valence-electron chi connectivity index (χ1n) is 6.34. The van der Waals surface area contributed by atoms with Crippen molar-refractivity contribution in [2.45, 2.75) is 20.3 Å². The topological polar surface area (TPSA) is 37.3 Å². The molecular formula is C18H22O2. The van der Waals surface area contributed by atoms with E-state index in [4.69, 9.17) is 4.79 Å². The normalized spacial score (nSPS) is 8.50. The highest BCUT2D eigenvalue weighted by Gasteiger charge is 1.93. The molecule has 0 amide bonds. The van der Waals surface area contributed by atoms with Crippen molar-refractivity contribution in [3.05, 3.63) is 77.9 Å². The number of rotatable bonds is 2. The molecule has 0 saturated carbocycles. The van der Waals surface area contributed by atoms with Crippen molar-refractivity contribution in [1.82, 2.24) is 0 Å². The fraction of sp³-hybridized carbons (Fsp3) is 0.167. The molecule has 2 rings (SSSR count). The lowest BCUT2D eigenvalue weighted by molar-refractivity contribution is -0.0979. The molecule has 2 heteroatoms. The first kappa shape index (κ1) is 17.6. The van der Waals surface area contributed by atoms with Gasteiger partial charge in [-0.05, 0) is 43.0 Å². The highest BCUT2D eigenvalue weighted by atomic mass is 16.3. The lowest BCUT2D eigenvalue weighted by atomic mass is 10.1. The number of carbonyl (C=O) groups excluding carboxylic acids is 1. The van der Waals surface area contributed by atoms with Crippen LogP contribution in [0.15, 0.2) is 61.2 Å². The van der Waals surface area contributed by atoms with E-state index in [1.165, 1.54) is 11.1 Å². The molecule has 0 aliphatic carbocycles. The second-order valence-electron chi connectivity index (χ2n) is 4.21. The molecule has 0 fully saturated rings. The van der Waals surface area contributed by atoms with Gasteiger partial charge in [-0.3, -0.25) is 0 Å². The van der Waals surface area contributed by atoms with E-state index in [9.17, 15) is 5.11 Å². The monoisotopic (exact) mass is 270 g/mol. The third kappa shape index (κ3) is 6.55. The van der Waals surface area contributed by atoms with E-state index in [0.717, 1.165) is 12.0 Å². The van der Waals surface area contributed by atoms with Crippen LogP contribution in [-0.4, -0.2) is 11.9 Å². The molecule has 0 unspecified atom stereocenters. The van der Waals surface area contributed by atoms with Gasteiger partial charge < -0.3 is 9.90 Å². The molecule has 0 heterocycles. The number of para-hydroxylation sites is 1. The van der Waals surface area contributed by atoms with Gasteiger partial charge in [0.25, 0.3) is 0 Å². The van der Waals surface area contributed by atoms with E-state index < -0.39 is 0 Å². The van der Waals surface area contributed by atoms with Gasteiger partial charge in [0.1, 0.15) is 12.5 Å². The van der Waals surface area contributed by atoms with Crippen LogP contribution in [-0.2, 0) is 11.2 Å². The predicted octanol–water partition coefficient (Wildman–Crippen LogP) is 4.24. The number of phenolic OH excluding ortho intramolecular Hbond substituents is 1. The minimum absolute atomic E-state index is 0.349. The second-order valence-corrected chi connectivity index (χ2v) is 4.21. The average Bonchev–Trinajstić information content (AvgIpc) is 2.48. The summed E-state index contributed by atoms with van der Waals surface area (Å²) in [5.74, 6) is 0.349. The van der Waals surface area contributed by atoms with Crippen LogP contribution in [0.25, 0.3) is 0 Å². The predicted molar refractivity (Wildman–Crippen MR) is 85.0 cm³/mol. The summed E-state index contributed by atoms with van der Waals surface area (Å²) in [6.07, 6.45) is 2.50. The fourth-order valence-electron chi connectivity index (χ4n) is 1.50. The first-order chi connectivity index (χ1) is 9.65. The maximum atomic E-state index is 9.19. The van der Waals surface area contributed by atoms with E-state index in [0.29, 0.717) is 5.75 Å². The first-order valence-corrected chi connectivity index (χ1v) is 6.34. The highest BCUT2D eigenvalue weighted by Crippen LogP contribution is 2.15. The summed E-state index contributed by atoms with van der Waals surface area (Å²) in [5, 5.41) is 9.19. The van der Waals surface area contributed by atoms with Crippen LogP contribution < -0.4 is 0 Å². The molecule has 2 nitrogen and oxygen atoms in total. The Morgan fingerprint density at radius 1 is 0.950 bits per heavy atom. The zero-order valence-electron chi connectivity index (χ0n) is 12.2. The maximum Gasteiger partial charge on any atom is 0.119 e. The average molecular weight is 270 g/mol. The summed E-state index contributed by atoms with van der Waals surface area (Å²) in [6, 6.07) is 15.6. The molecule has 0 radical (unpaired) electrons. The lowest BCUT2D eigenvalue weighted by Crippen LogP contribution is -1.79. The number of carbonyl (C=O) groups is 1. The van der Waals surface area contributed by atoms with Crippen molar-refractivity contribution in [3.8, 4) is 5.75 Å². The molecule has 0 aromatic heterocycles. The Kier molecular flexibility index (Phi) is 9.32. The highest BCUT2D eigenvalue weighted by molar-refractivity contribution is 5.32. The van der Waals surface area contributed by atoms with Crippen LogP contribution in [0, 0.1) is 13.8 Å². The number of aryl methyl sites for hydroxylation is 2. The number of aromatic hydroxyl groups is 1. The standard InChI is InChI=1S/C9H10O.C8H10.CH2O/c1-2-5-8-6-3-4-7-9(8)10;1-7-5-3-4-6-8(7)2;1-2/h2-4,6-7,10H,1,5H2;3-6H,1-2H3;1H2. The number of hydrogen-bond donors (Lipinski definition) is 1. The molecular weight excluding hydrogens is 248 g/mol. The zero-order chi connectivity index (χ0) is 15.4. The van der Waals surface area contributed by atoms with Crippen LogP contribution in [0.2, 0.25) is 0 Å². The molecule has 2 aromatic rings. The molecule has 106 valence electrons. The van der Waals surface area contributed by atoms with Crippen LogP contribution in [0.1, 0.15) is 16.7 Å². The van der Waals surface area contributed by atoms with Gasteiger partial charge in [0.2, 0.25) is 0 Å². The number of phenols is 1. The minimum atomic E-state index is 0.349. The van der Waals surface area contributed by atoms with Gasteiger partial charge in [0.05, 0.1) is 0 Å². The summed E-state index contributed by atoms with van der Waals surface area (Å²) < 4.78 is 0. The number of hydrogen-bond acceptors (Lipinski definition) is 2. The third-order valence-electron chi connectivity index (χ3n) is 2.78. The summed E-state index contributed by atoms with van der Waals surface area (Å²) in [6.45, 7) is 9.83. The van der Waals surface area contributed by atoms with Gasteiger partial charge in [-0.25, -0.2) is 0 Å². The Bertz CT molecular complexity index is 497. The quantitative estimate of drug-likeness (QED) is 0.829. The van der Waals surface area contributed by atoms with Crippen LogP contribution in [0.3, 0.4) is 0 Å². The molecule has 0 aliphatic heterocycles. The third-order valence-corrected chi connectivity index (χ3v) is 2.78. The van der Waals surface area contributed by atoms with Crippen molar-refractivity contribution in [2.24, 2.45) is 0 Å². The van der Waals surface area contributed by atoms with Gasteiger partial charge >= 0.3 is 0 Å². The number of benzene rings is 2. The summed E-state index contributed by atoms with van der Waals surface area (Å²) >= 11 is 0. The molecule has 1 N–H and O–H groups in total. The fourth-order valence-corrected chi connectivity index (χ4v) is 1.50. The van der Waals surface area contributed by atoms with Gasteiger partial charge in [0, 0.05) is 0 Å². The Labute approximate surface area is 121 Å². The Hall–Kier alpha value is -2.35. The molecule has 0 atom stereocenters. The van der Waals surface area contributed by atoms with Gasteiger partial charge in [0.15, 0.2) is 0 Å². The van der Waals surface area contributed by atoms with E-state index in [1.54, 1.807) is 12.1 Å². The Morgan fingerprint density at radius 2 is 1.40 bits per heavy atom. The summed E-state index contributed by atoms with van der Waals surface area (Å²) in [4.78, 5) is 8.00. The molecule has 0 saturated heterocycles. The van der Waals surface area contributed by atoms with Crippen LogP contribution in [0.5, 0.6) is 5.75 Å². The smallest absolute Gasteiger partial charge is 0.119 e. The van der Waals surface area contributed by atoms with Gasteiger partial charge in [-0.1, -0.05) is 48.5 Å². The summed E-state index contributed by atoms with van der Waals surface area (Å²) in [5.41, 5.74) is 3.66. The van der Waals surface area contributed by atoms with Crippen molar-refractivity contribution in [1.29, 1.82) is 0 Å². The van der Waals surface area contributed by atoms with Crippen molar-refractivity contribution >= 4 is 6.79 Å². The lowest BCUT2D eigenvalue weighted by Gasteiger charge is -1.97. The Balaban J connectivity index is 0.000000327.